The SMILES string of the molecule is CCCNc1cc(Oc2ccc(Cl)cc2)nc(COC)n1. The van der Waals surface area contributed by atoms with Crippen LogP contribution in [0.25, 0.3) is 0 Å². The number of hydrogen-bond acceptors (Lipinski definition) is 5. The van der Waals surface area contributed by atoms with E-state index in [1.807, 2.05) is 0 Å². The zero-order valence-corrected chi connectivity index (χ0v) is 12.9. The fourth-order valence-corrected chi connectivity index (χ4v) is 1.81. The molecule has 0 bridgehead atoms. The van der Waals surface area contributed by atoms with Crippen molar-refractivity contribution in [1.82, 2.24) is 9.97 Å². The van der Waals surface area contributed by atoms with Crippen LogP contribution in [0, 0.1) is 0 Å². The molecule has 2 rings (SSSR count). The Bertz CT molecular complexity index is 576. The molecule has 0 aliphatic carbocycles. The van der Waals surface area contributed by atoms with Crippen LogP contribution in [0.5, 0.6) is 11.6 Å². The van der Waals surface area contributed by atoms with Gasteiger partial charge < -0.3 is 14.8 Å². The van der Waals surface area contributed by atoms with Crippen molar-refractivity contribution in [3.8, 4) is 11.6 Å². The Morgan fingerprint density at radius 3 is 2.62 bits per heavy atom. The molecule has 0 amide bonds. The van der Waals surface area contributed by atoms with Crippen LogP contribution in [0.1, 0.15) is 19.2 Å². The number of ether oxygens (including phenoxy) is 2. The first kappa shape index (κ1) is 15.5. The lowest BCUT2D eigenvalue weighted by atomic mass is 10.3. The Labute approximate surface area is 129 Å². The molecule has 0 saturated heterocycles. The number of benzene rings is 1. The van der Waals surface area contributed by atoms with Crippen molar-refractivity contribution < 1.29 is 9.47 Å². The molecular formula is C15H18ClN3O2. The number of methoxy groups -OCH3 is 1. The molecular weight excluding hydrogens is 290 g/mol. The molecule has 0 fully saturated rings. The van der Waals surface area contributed by atoms with Crippen molar-refractivity contribution in [2.75, 3.05) is 19.0 Å². The first-order valence-corrected chi connectivity index (χ1v) is 7.13. The zero-order valence-electron chi connectivity index (χ0n) is 12.1. The van der Waals surface area contributed by atoms with Crippen LogP contribution in [-0.2, 0) is 11.3 Å². The van der Waals surface area contributed by atoms with Gasteiger partial charge in [-0.2, -0.15) is 4.98 Å². The Hall–Kier alpha value is -1.85. The fraction of sp³-hybridized carbons (Fsp3) is 0.333. The summed E-state index contributed by atoms with van der Waals surface area (Å²) in [7, 11) is 1.61. The summed E-state index contributed by atoms with van der Waals surface area (Å²) in [4.78, 5) is 8.69. The van der Waals surface area contributed by atoms with Crippen LogP contribution >= 0.6 is 11.6 Å². The standard InChI is InChI=1S/C15H18ClN3O2/c1-3-8-17-13-9-15(19-14(18-13)10-20-2)21-12-6-4-11(16)5-7-12/h4-7,9H,3,8,10H2,1-2H3,(H,17,18,19). The van der Waals surface area contributed by atoms with Crippen molar-refractivity contribution in [2.45, 2.75) is 20.0 Å². The molecule has 0 atom stereocenters. The maximum atomic E-state index is 5.86. The normalized spacial score (nSPS) is 10.4. The molecule has 1 aromatic heterocycles. The summed E-state index contributed by atoms with van der Waals surface area (Å²) >= 11 is 5.86. The first-order valence-electron chi connectivity index (χ1n) is 6.75. The summed E-state index contributed by atoms with van der Waals surface area (Å²) in [6.45, 7) is 3.26. The molecule has 1 heterocycles. The fourth-order valence-electron chi connectivity index (χ4n) is 1.69. The van der Waals surface area contributed by atoms with Gasteiger partial charge in [0.1, 0.15) is 18.2 Å². The summed E-state index contributed by atoms with van der Waals surface area (Å²) in [5, 5.41) is 3.88. The van der Waals surface area contributed by atoms with Gasteiger partial charge in [-0.1, -0.05) is 18.5 Å². The van der Waals surface area contributed by atoms with E-state index >= 15 is 0 Å². The van der Waals surface area contributed by atoms with Crippen molar-refractivity contribution in [3.05, 3.63) is 41.2 Å². The molecule has 21 heavy (non-hydrogen) atoms. The van der Waals surface area contributed by atoms with Crippen molar-refractivity contribution in [3.63, 3.8) is 0 Å². The third-order valence-corrected chi connectivity index (χ3v) is 2.87. The first-order chi connectivity index (χ1) is 10.2. The van der Waals surface area contributed by atoms with Crippen molar-refractivity contribution in [2.24, 2.45) is 0 Å². The predicted octanol–water partition coefficient (Wildman–Crippen LogP) is 3.89. The Kier molecular flexibility index (Phi) is 5.78. The molecule has 5 nitrogen and oxygen atoms in total. The van der Waals surface area contributed by atoms with Crippen LogP contribution in [0.3, 0.4) is 0 Å². The van der Waals surface area contributed by atoms with Gasteiger partial charge in [0.15, 0.2) is 5.82 Å². The lowest BCUT2D eigenvalue weighted by molar-refractivity contribution is 0.177. The number of aromatic nitrogens is 2. The molecule has 1 N–H and O–H groups in total. The number of halogens is 1. The van der Waals surface area contributed by atoms with E-state index < -0.39 is 0 Å². The van der Waals surface area contributed by atoms with E-state index in [4.69, 9.17) is 21.1 Å². The van der Waals surface area contributed by atoms with Gasteiger partial charge in [-0.3, -0.25) is 0 Å². The van der Waals surface area contributed by atoms with E-state index in [2.05, 4.69) is 22.2 Å². The Balaban J connectivity index is 2.19. The summed E-state index contributed by atoms with van der Waals surface area (Å²) in [5.74, 6) is 2.44. The largest absolute Gasteiger partial charge is 0.439 e. The number of hydrogen-bond donors (Lipinski definition) is 1. The second-order valence-corrected chi connectivity index (χ2v) is 4.86. The molecule has 0 aliphatic rings. The number of anilines is 1. The van der Waals surface area contributed by atoms with Gasteiger partial charge >= 0.3 is 0 Å². The second-order valence-electron chi connectivity index (χ2n) is 4.42. The molecule has 0 unspecified atom stereocenters. The molecule has 0 aliphatic heterocycles. The van der Waals surface area contributed by atoms with Gasteiger partial charge in [0, 0.05) is 24.7 Å². The quantitative estimate of drug-likeness (QED) is 0.841. The molecule has 0 radical (unpaired) electrons. The van der Waals surface area contributed by atoms with Crippen LogP contribution in [0.2, 0.25) is 5.02 Å². The highest BCUT2D eigenvalue weighted by Gasteiger charge is 2.06. The maximum Gasteiger partial charge on any atom is 0.224 e. The zero-order chi connectivity index (χ0) is 15.1. The highest BCUT2D eigenvalue weighted by Crippen LogP contribution is 2.23. The van der Waals surface area contributed by atoms with Gasteiger partial charge in [0.05, 0.1) is 0 Å². The van der Waals surface area contributed by atoms with Crippen LogP contribution < -0.4 is 10.1 Å². The van der Waals surface area contributed by atoms with Crippen LogP contribution in [0.15, 0.2) is 30.3 Å². The topological polar surface area (TPSA) is 56.3 Å². The lowest BCUT2D eigenvalue weighted by Gasteiger charge is -2.10. The van der Waals surface area contributed by atoms with Crippen LogP contribution in [0.4, 0.5) is 5.82 Å². The minimum Gasteiger partial charge on any atom is -0.439 e. The van der Waals surface area contributed by atoms with E-state index in [0.717, 1.165) is 18.8 Å². The number of nitrogens with one attached hydrogen (secondary N) is 1. The van der Waals surface area contributed by atoms with E-state index in [0.29, 0.717) is 29.1 Å². The minimum absolute atomic E-state index is 0.332. The van der Waals surface area contributed by atoms with Gasteiger partial charge in [0.2, 0.25) is 5.88 Å². The molecule has 0 spiro atoms. The molecule has 112 valence electrons. The van der Waals surface area contributed by atoms with Gasteiger partial charge in [-0.15, -0.1) is 0 Å². The van der Waals surface area contributed by atoms with Crippen molar-refractivity contribution in [1.29, 1.82) is 0 Å². The lowest BCUT2D eigenvalue weighted by Crippen LogP contribution is -2.06. The number of rotatable bonds is 7. The second kappa shape index (κ2) is 7.81. The maximum absolute atomic E-state index is 5.86. The van der Waals surface area contributed by atoms with Gasteiger partial charge in [-0.05, 0) is 30.7 Å². The Morgan fingerprint density at radius 1 is 1.19 bits per heavy atom. The molecule has 0 saturated carbocycles. The van der Waals surface area contributed by atoms with Gasteiger partial charge in [-0.25, -0.2) is 4.98 Å². The van der Waals surface area contributed by atoms with E-state index in [-0.39, 0.29) is 0 Å². The summed E-state index contributed by atoms with van der Waals surface area (Å²) in [5.41, 5.74) is 0. The van der Waals surface area contributed by atoms with E-state index in [1.165, 1.54) is 0 Å². The Morgan fingerprint density at radius 2 is 1.95 bits per heavy atom. The smallest absolute Gasteiger partial charge is 0.224 e. The van der Waals surface area contributed by atoms with Crippen LogP contribution in [-0.4, -0.2) is 23.6 Å². The third kappa shape index (κ3) is 4.88. The average Bonchev–Trinajstić information content (AvgIpc) is 2.48. The van der Waals surface area contributed by atoms with Gasteiger partial charge in [0.25, 0.3) is 0 Å². The van der Waals surface area contributed by atoms with Crippen molar-refractivity contribution >= 4 is 17.4 Å². The van der Waals surface area contributed by atoms with E-state index in [9.17, 15) is 0 Å². The average molecular weight is 308 g/mol. The summed E-state index contributed by atoms with van der Waals surface area (Å²) in [6.07, 6.45) is 1.01. The summed E-state index contributed by atoms with van der Waals surface area (Å²) in [6, 6.07) is 8.89. The third-order valence-electron chi connectivity index (χ3n) is 2.61. The highest BCUT2D eigenvalue weighted by molar-refractivity contribution is 6.30. The number of nitrogens with zero attached hydrogens (tertiary/aromatic N) is 2. The molecule has 1 aromatic carbocycles. The molecule has 2 aromatic rings. The minimum atomic E-state index is 0.332. The van der Waals surface area contributed by atoms with E-state index in [1.54, 1.807) is 37.4 Å². The summed E-state index contributed by atoms with van der Waals surface area (Å²) < 4.78 is 10.8. The highest BCUT2D eigenvalue weighted by atomic mass is 35.5. The molecule has 6 heteroatoms. The monoisotopic (exact) mass is 307 g/mol. The predicted molar refractivity (Wildman–Crippen MR) is 83.1 cm³/mol.